The number of ether oxygens (including phenoxy) is 1. The summed E-state index contributed by atoms with van der Waals surface area (Å²) < 4.78 is 5.53. The Kier molecular flexibility index (Phi) is 7.06. The van der Waals surface area contributed by atoms with Crippen LogP contribution in [0.15, 0.2) is 36.9 Å². The minimum atomic E-state index is -0.561. The summed E-state index contributed by atoms with van der Waals surface area (Å²) in [6.45, 7) is 14.3. The van der Waals surface area contributed by atoms with Crippen molar-refractivity contribution < 1.29 is 19.1 Å². The fourth-order valence-electron chi connectivity index (χ4n) is 3.18. The van der Waals surface area contributed by atoms with Gasteiger partial charge in [0.1, 0.15) is 5.60 Å². The molecule has 1 heterocycles. The topological polar surface area (TPSA) is 79.0 Å². The third kappa shape index (κ3) is 6.07. The van der Waals surface area contributed by atoms with Crippen molar-refractivity contribution in [1.29, 1.82) is 0 Å². The minimum Gasteiger partial charge on any atom is -0.444 e. The molecule has 1 saturated heterocycles. The van der Waals surface area contributed by atoms with Crippen LogP contribution in [0.5, 0.6) is 0 Å². The molecular weight excluding hydrogens is 370 g/mol. The van der Waals surface area contributed by atoms with Crippen LogP contribution >= 0.6 is 0 Å². The molecule has 7 nitrogen and oxygen atoms in total. The van der Waals surface area contributed by atoms with E-state index in [1.807, 2.05) is 34.6 Å². The minimum absolute atomic E-state index is 0.0962. The van der Waals surface area contributed by atoms with E-state index >= 15 is 0 Å². The number of amides is 3. The van der Waals surface area contributed by atoms with Crippen molar-refractivity contribution >= 4 is 23.6 Å². The summed E-state index contributed by atoms with van der Waals surface area (Å²) >= 11 is 0. The van der Waals surface area contributed by atoms with Crippen LogP contribution < -0.4 is 5.32 Å². The summed E-state index contributed by atoms with van der Waals surface area (Å²) in [5, 5.41) is 2.66. The Morgan fingerprint density at radius 2 is 1.79 bits per heavy atom. The number of carbonyl (C=O) groups excluding carboxylic acids is 3. The lowest BCUT2D eigenvalue weighted by Gasteiger charge is -2.43. The lowest BCUT2D eigenvalue weighted by Crippen LogP contribution is -2.59. The molecule has 1 aliphatic rings. The molecule has 0 aromatic heterocycles. The van der Waals surface area contributed by atoms with Crippen LogP contribution in [0.1, 0.15) is 45.0 Å². The molecule has 0 aliphatic carbocycles. The fraction of sp³-hybridized carbons (Fsp3) is 0.500. The molecule has 158 valence electrons. The summed E-state index contributed by atoms with van der Waals surface area (Å²) in [6, 6.07) is 6.63. The molecule has 29 heavy (non-hydrogen) atoms. The van der Waals surface area contributed by atoms with Crippen LogP contribution in [0.2, 0.25) is 0 Å². The molecule has 1 atom stereocenters. The lowest BCUT2D eigenvalue weighted by atomic mass is 9.99. The molecule has 0 saturated carbocycles. The third-order valence-corrected chi connectivity index (χ3v) is 4.69. The van der Waals surface area contributed by atoms with E-state index in [-0.39, 0.29) is 29.9 Å². The van der Waals surface area contributed by atoms with Gasteiger partial charge in [0.25, 0.3) is 5.91 Å². The smallest absolute Gasteiger partial charge is 0.410 e. The van der Waals surface area contributed by atoms with Gasteiger partial charge in [0.2, 0.25) is 5.91 Å². The maximum absolute atomic E-state index is 13.0. The summed E-state index contributed by atoms with van der Waals surface area (Å²) in [5.74, 6) is -0.224. The van der Waals surface area contributed by atoms with Crippen LogP contribution in [0, 0.1) is 5.92 Å². The molecule has 3 amide bonds. The van der Waals surface area contributed by atoms with E-state index in [2.05, 4.69) is 11.9 Å². The van der Waals surface area contributed by atoms with E-state index in [0.717, 1.165) is 0 Å². The Morgan fingerprint density at radius 1 is 1.17 bits per heavy atom. The predicted octanol–water partition coefficient (Wildman–Crippen LogP) is 3.53. The van der Waals surface area contributed by atoms with Gasteiger partial charge in [-0.15, -0.1) is 0 Å². The quantitative estimate of drug-likeness (QED) is 0.783. The highest BCUT2D eigenvalue weighted by Crippen LogP contribution is 2.22. The highest BCUT2D eigenvalue weighted by molar-refractivity contribution is 5.99. The van der Waals surface area contributed by atoms with Crippen molar-refractivity contribution in [3.05, 3.63) is 42.5 Å². The summed E-state index contributed by atoms with van der Waals surface area (Å²) in [4.78, 5) is 40.4. The van der Waals surface area contributed by atoms with Gasteiger partial charge >= 0.3 is 6.09 Å². The van der Waals surface area contributed by atoms with Gasteiger partial charge in [-0.05, 0) is 57.0 Å². The van der Waals surface area contributed by atoms with Crippen LogP contribution in [-0.4, -0.2) is 59.0 Å². The average Bonchev–Trinajstić information content (AvgIpc) is 2.66. The lowest BCUT2D eigenvalue weighted by molar-refractivity contribution is -0.111. The summed E-state index contributed by atoms with van der Waals surface area (Å²) in [5.41, 5.74) is 0.574. The number of carbonyl (C=O) groups is 3. The number of hydrogen-bond donors (Lipinski definition) is 1. The van der Waals surface area contributed by atoms with Crippen molar-refractivity contribution in [2.24, 2.45) is 5.92 Å². The highest BCUT2D eigenvalue weighted by atomic mass is 16.6. The number of nitrogens with one attached hydrogen (secondary N) is 1. The van der Waals surface area contributed by atoms with Crippen LogP contribution in [0.25, 0.3) is 0 Å². The molecule has 0 bridgehead atoms. The molecular formula is C22H31N3O4. The van der Waals surface area contributed by atoms with Gasteiger partial charge in [-0.1, -0.05) is 20.4 Å². The zero-order valence-corrected chi connectivity index (χ0v) is 17.9. The van der Waals surface area contributed by atoms with Gasteiger partial charge < -0.3 is 19.9 Å². The molecule has 1 N–H and O–H groups in total. The SMILES string of the molecule is C=CC(=O)Nc1ccc(C(=O)N2CCN(C(=O)OC(C)(C)C)[C@@H](C(C)C)C2)cc1. The number of rotatable bonds is 4. The largest absolute Gasteiger partial charge is 0.444 e. The van der Waals surface area contributed by atoms with Gasteiger partial charge in [-0.2, -0.15) is 0 Å². The van der Waals surface area contributed by atoms with E-state index < -0.39 is 5.60 Å². The third-order valence-electron chi connectivity index (χ3n) is 4.69. The Morgan fingerprint density at radius 3 is 2.31 bits per heavy atom. The van der Waals surface area contributed by atoms with E-state index in [0.29, 0.717) is 30.9 Å². The van der Waals surface area contributed by atoms with Crippen molar-refractivity contribution in [2.45, 2.75) is 46.3 Å². The molecule has 2 rings (SSSR count). The number of benzene rings is 1. The highest BCUT2D eigenvalue weighted by Gasteiger charge is 2.36. The van der Waals surface area contributed by atoms with Gasteiger partial charge in [-0.25, -0.2) is 4.79 Å². The first-order valence-corrected chi connectivity index (χ1v) is 9.84. The first-order chi connectivity index (χ1) is 13.5. The maximum Gasteiger partial charge on any atom is 0.410 e. The number of anilines is 1. The Bertz CT molecular complexity index is 765. The van der Waals surface area contributed by atoms with Gasteiger partial charge in [0.05, 0.1) is 6.04 Å². The standard InChI is InChI=1S/C22H31N3O4/c1-7-19(26)23-17-10-8-16(9-11-17)20(27)24-12-13-25(18(14-24)15(2)3)21(28)29-22(4,5)6/h7-11,15,18H,1,12-14H2,2-6H3,(H,23,26)/t18-/m1/s1. The molecule has 1 aliphatic heterocycles. The first kappa shape index (κ1) is 22.5. The molecule has 0 radical (unpaired) electrons. The average molecular weight is 402 g/mol. The van der Waals surface area contributed by atoms with E-state index in [1.165, 1.54) is 6.08 Å². The second kappa shape index (κ2) is 9.11. The predicted molar refractivity (Wildman–Crippen MR) is 113 cm³/mol. The van der Waals surface area contributed by atoms with Crippen LogP contribution in [0.3, 0.4) is 0 Å². The molecule has 7 heteroatoms. The van der Waals surface area contributed by atoms with E-state index in [1.54, 1.807) is 34.1 Å². The second-order valence-corrected chi connectivity index (χ2v) is 8.51. The second-order valence-electron chi connectivity index (χ2n) is 8.51. The zero-order valence-electron chi connectivity index (χ0n) is 17.9. The first-order valence-electron chi connectivity index (χ1n) is 9.84. The normalized spacial score (nSPS) is 17.1. The van der Waals surface area contributed by atoms with Gasteiger partial charge in [0, 0.05) is 30.9 Å². The number of hydrogen-bond acceptors (Lipinski definition) is 4. The van der Waals surface area contributed by atoms with Gasteiger partial charge in [0.15, 0.2) is 0 Å². The van der Waals surface area contributed by atoms with Crippen molar-refractivity contribution in [3.8, 4) is 0 Å². The summed E-state index contributed by atoms with van der Waals surface area (Å²) in [6.07, 6.45) is 0.848. The number of piperazine rings is 1. The maximum atomic E-state index is 13.0. The fourth-order valence-corrected chi connectivity index (χ4v) is 3.18. The van der Waals surface area contributed by atoms with Crippen LogP contribution in [0.4, 0.5) is 10.5 Å². The molecule has 1 fully saturated rings. The Labute approximate surface area is 172 Å². The molecule has 0 spiro atoms. The molecule has 1 aromatic rings. The van der Waals surface area contributed by atoms with Crippen molar-refractivity contribution in [1.82, 2.24) is 9.80 Å². The number of nitrogens with zero attached hydrogens (tertiary/aromatic N) is 2. The Hall–Kier alpha value is -2.83. The molecule has 1 aromatic carbocycles. The summed E-state index contributed by atoms with van der Waals surface area (Å²) in [7, 11) is 0. The van der Waals surface area contributed by atoms with Crippen molar-refractivity contribution in [3.63, 3.8) is 0 Å². The zero-order chi connectivity index (χ0) is 21.8. The van der Waals surface area contributed by atoms with Crippen molar-refractivity contribution in [2.75, 3.05) is 25.0 Å². The monoisotopic (exact) mass is 401 g/mol. The molecule has 0 unspecified atom stereocenters. The van der Waals surface area contributed by atoms with E-state index in [9.17, 15) is 14.4 Å². The van der Waals surface area contributed by atoms with Crippen LogP contribution in [-0.2, 0) is 9.53 Å². The Balaban J connectivity index is 2.08. The van der Waals surface area contributed by atoms with Gasteiger partial charge in [-0.3, -0.25) is 9.59 Å². The van der Waals surface area contributed by atoms with E-state index in [4.69, 9.17) is 4.74 Å².